The van der Waals surface area contributed by atoms with E-state index < -0.39 is 5.60 Å². The number of nitrogens with zero attached hydrogens (tertiary/aromatic N) is 2. The molecule has 0 unspecified atom stereocenters. The number of aliphatic hydroxyl groups is 1. The van der Waals surface area contributed by atoms with E-state index in [9.17, 15) is 9.90 Å². The van der Waals surface area contributed by atoms with Gasteiger partial charge in [0, 0.05) is 31.0 Å². The van der Waals surface area contributed by atoms with Gasteiger partial charge in [-0.15, -0.1) is 0 Å². The number of carbonyl (C=O) groups is 1. The topological polar surface area (TPSA) is 78.5 Å². The number of H-pyrrole nitrogens is 1. The summed E-state index contributed by atoms with van der Waals surface area (Å²) in [5.74, 6) is 0.548. The first-order chi connectivity index (χ1) is 13.3. The molecule has 0 spiro atoms. The normalized spacial score (nSPS) is 11.6. The van der Waals surface area contributed by atoms with Gasteiger partial charge in [-0.2, -0.15) is 5.10 Å². The molecular formula is C22H27N3O3. The summed E-state index contributed by atoms with van der Waals surface area (Å²) in [7, 11) is 1.78. The first-order valence-corrected chi connectivity index (χ1v) is 9.43. The second kappa shape index (κ2) is 8.02. The van der Waals surface area contributed by atoms with Gasteiger partial charge in [-0.25, -0.2) is 0 Å². The van der Waals surface area contributed by atoms with Crippen LogP contribution >= 0.6 is 0 Å². The average Bonchev–Trinajstić information content (AvgIpc) is 3.11. The number of ether oxygens (including phenoxy) is 1. The molecular weight excluding hydrogens is 354 g/mol. The molecule has 0 saturated heterocycles. The summed E-state index contributed by atoms with van der Waals surface area (Å²) in [6.45, 7) is 6.37. The molecule has 0 aliphatic rings. The zero-order valence-electron chi connectivity index (χ0n) is 16.8. The predicted molar refractivity (Wildman–Crippen MR) is 110 cm³/mol. The van der Waals surface area contributed by atoms with Gasteiger partial charge >= 0.3 is 0 Å². The van der Waals surface area contributed by atoms with Gasteiger partial charge in [-0.1, -0.05) is 24.3 Å². The van der Waals surface area contributed by atoms with Gasteiger partial charge in [0.2, 0.25) is 0 Å². The highest BCUT2D eigenvalue weighted by atomic mass is 16.5. The van der Waals surface area contributed by atoms with Crippen molar-refractivity contribution in [2.75, 3.05) is 13.7 Å². The summed E-state index contributed by atoms with van der Waals surface area (Å²) < 4.78 is 5.72. The molecule has 2 N–H and O–H groups in total. The Balaban J connectivity index is 1.82. The molecule has 0 bridgehead atoms. The van der Waals surface area contributed by atoms with Crippen molar-refractivity contribution in [1.29, 1.82) is 0 Å². The molecule has 0 aliphatic heterocycles. The minimum atomic E-state index is -0.850. The van der Waals surface area contributed by atoms with Crippen LogP contribution < -0.4 is 4.74 Å². The van der Waals surface area contributed by atoms with E-state index in [-0.39, 0.29) is 5.91 Å². The van der Waals surface area contributed by atoms with Crippen LogP contribution in [0, 0.1) is 0 Å². The van der Waals surface area contributed by atoms with Gasteiger partial charge in [-0.05, 0) is 44.0 Å². The molecule has 0 radical (unpaired) electrons. The van der Waals surface area contributed by atoms with Crippen LogP contribution in [0.3, 0.4) is 0 Å². The Bertz CT molecular complexity index is 973. The third-order valence-electron chi connectivity index (χ3n) is 4.55. The van der Waals surface area contributed by atoms with Crippen molar-refractivity contribution in [3.8, 4) is 5.75 Å². The summed E-state index contributed by atoms with van der Waals surface area (Å²) in [6, 6.07) is 11.4. The highest BCUT2D eigenvalue weighted by molar-refractivity contribution is 5.95. The third-order valence-corrected chi connectivity index (χ3v) is 4.55. The average molecular weight is 381 g/mol. The maximum Gasteiger partial charge on any atom is 0.254 e. The van der Waals surface area contributed by atoms with Crippen LogP contribution in [0.25, 0.3) is 10.9 Å². The number of para-hydroxylation sites is 1. The Hall–Kier alpha value is -2.86. The Morgan fingerprint density at radius 3 is 2.75 bits per heavy atom. The number of carbonyl (C=O) groups excluding carboxylic acids is 1. The fourth-order valence-corrected chi connectivity index (χ4v) is 3.30. The lowest BCUT2D eigenvalue weighted by Gasteiger charge is -2.21. The van der Waals surface area contributed by atoms with Crippen molar-refractivity contribution in [3.63, 3.8) is 0 Å². The van der Waals surface area contributed by atoms with Gasteiger partial charge in [0.15, 0.2) is 0 Å². The number of rotatable bonds is 7. The second-order valence-corrected chi connectivity index (χ2v) is 7.66. The lowest BCUT2D eigenvalue weighted by Crippen LogP contribution is -2.27. The Labute approximate surface area is 165 Å². The van der Waals surface area contributed by atoms with Gasteiger partial charge in [0.25, 0.3) is 5.91 Å². The molecule has 3 aromatic rings. The number of hydrogen-bond acceptors (Lipinski definition) is 4. The molecule has 0 aliphatic carbocycles. The van der Waals surface area contributed by atoms with Crippen LogP contribution in [0.5, 0.6) is 5.75 Å². The summed E-state index contributed by atoms with van der Waals surface area (Å²) in [5, 5.41) is 18.2. The van der Waals surface area contributed by atoms with Crippen molar-refractivity contribution < 1.29 is 14.6 Å². The molecule has 1 amide bonds. The fraction of sp³-hybridized carbons (Fsp3) is 0.364. The Kier molecular flexibility index (Phi) is 5.70. The van der Waals surface area contributed by atoms with Crippen molar-refractivity contribution in [3.05, 3.63) is 59.3 Å². The zero-order chi connectivity index (χ0) is 20.3. The number of aromatic amines is 1. The van der Waals surface area contributed by atoms with Crippen LogP contribution in [0.4, 0.5) is 0 Å². The first-order valence-electron chi connectivity index (χ1n) is 9.43. The standard InChI is InChI=1S/C22H27N3O3/c1-5-28-19-11-15(9-10-16(19)12-22(2,3)27)21(26)25(4)14-18-8-6-7-17-13-23-24-20(17)18/h6-11,13,27H,5,12,14H2,1-4H3,(H,23,24). The molecule has 1 heterocycles. The number of hydrogen-bond donors (Lipinski definition) is 2. The molecule has 1 aromatic heterocycles. The van der Waals surface area contributed by atoms with Gasteiger partial charge in [0.1, 0.15) is 5.75 Å². The molecule has 3 rings (SSSR count). The van der Waals surface area contributed by atoms with E-state index in [0.717, 1.165) is 22.0 Å². The largest absolute Gasteiger partial charge is 0.494 e. The summed E-state index contributed by atoms with van der Waals surface area (Å²) in [4.78, 5) is 14.6. The smallest absolute Gasteiger partial charge is 0.254 e. The monoisotopic (exact) mass is 381 g/mol. The number of fused-ring (bicyclic) bond motifs is 1. The maximum absolute atomic E-state index is 13.0. The highest BCUT2D eigenvalue weighted by Crippen LogP contribution is 2.26. The molecule has 148 valence electrons. The fourth-order valence-electron chi connectivity index (χ4n) is 3.30. The van der Waals surface area contributed by atoms with Crippen LogP contribution in [-0.4, -0.2) is 45.4 Å². The SMILES string of the molecule is CCOc1cc(C(=O)N(C)Cc2cccc3cn[nH]c23)ccc1CC(C)(C)O. The first kappa shape index (κ1) is 19.9. The number of aromatic nitrogens is 2. The van der Waals surface area contributed by atoms with E-state index in [4.69, 9.17) is 4.74 Å². The quantitative estimate of drug-likeness (QED) is 0.656. The second-order valence-electron chi connectivity index (χ2n) is 7.66. The van der Waals surface area contributed by atoms with Gasteiger partial charge in [-0.3, -0.25) is 9.89 Å². The number of nitrogens with one attached hydrogen (secondary N) is 1. The zero-order valence-corrected chi connectivity index (χ0v) is 16.8. The van der Waals surface area contributed by atoms with E-state index in [1.165, 1.54) is 0 Å². The number of amides is 1. The van der Waals surface area contributed by atoms with Crippen LogP contribution in [-0.2, 0) is 13.0 Å². The minimum Gasteiger partial charge on any atom is -0.494 e. The van der Waals surface area contributed by atoms with Gasteiger partial charge in [0.05, 0.1) is 23.9 Å². The minimum absolute atomic E-state index is 0.0905. The van der Waals surface area contributed by atoms with Crippen LogP contribution in [0.2, 0.25) is 0 Å². The molecule has 0 fully saturated rings. The highest BCUT2D eigenvalue weighted by Gasteiger charge is 2.20. The maximum atomic E-state index is 13.0. The van der Waals surface area contributed by atoms with E-state index in [0.29, 0.717) is 30.9 Å². The summed E-state index contributed by atoms with van der Waals surface area (Å²) >= 11 is 0. The summed E-state index contributed by atoms with van der Waals surface area (Å²) in [6.07, 6.45) is 2.23. The lowest BCUT2D eigenvalue weighted by atomic mass is 9.96. The third kappa shape index (κ3) is 4.51. The molecule has 0 atom stereocenters. The Morgan fingerprint density at radius 2 is 2.04 bits per heavy atom. The van der Waals surface area contributed by atoms with E-state index in [2.05, 4.69) is 10.2 Å². The predicted octanol–water partition coefficient (Wildman–Crippen LogP) is 3.55. The van der Waals surface area contributed by atoms with Gasteiger partial charge < -0.3 is 14.7 Å². The molecule has 28 heavy (non-hydrogen) atoms. The summed E-state index contributed by atoms with van der Waals surface area (Å²) in [5.41, 5.74) is 2.54. The van der Waals surface area contributed by atoms with Crippen molar-refractivity contribution >= 4 is 16.8 Å². The van der Waals surface area contributed by atoms with Crippen molar-refractivity contribution in [2.45, 2.75) is 39.3 Å². The van der Waals surface area contributed by atoms with E-state index >= 15 is 0 Å². The molecule has 6 heteroatoms. The van der Waals surface area contributed by atoms with E-state index in [1.807, 2.05) is 31.2 Å². The molecule has 0 saturated carbocycles. The molecule has 6 nitrogen and oxygen atoms in total. The molecule has 2 aromatic carbocycles. The van der Waals surface area contributed by atoms with Crippen molar-refractivity contribution in [1.82, 2.24) is 15.1 Å². The number of benzene rings is 2. The van der Waals surface area contributed by atoms with E-state index in [1.54, 1.807) is 44.1 Å². The van der Waals surface area contributed by atoms with Crippen LogP contribution in [0.1, 0.15) is 42.3 Å². The van der Waals surface area contributed by atoms with Crippen LogP contribution in [0.15, 0.2) is 42.6 Å². The van der Waals surface area contributed by atoms with Crippen molar-refractivity contribution in [2.24, 2.45) is 0 Å². The lowest BCUT2D eigenvalue weighted by molar-refractivity contribution is 0.0785. The Morgan fingerprint density at radius 1 is 1.25 bits per heavy atom.